The number of carbonyl (C=O) groups is 1. The van der Waals surface area contributed by atoms with Crippen molar-refractivity contribution in [3.63, 3.8) is 0 Å². The third-order valence-corrected chi connectivity index (χ3v) is 4.37. The molecule has 0 atom stereocenters. The van der Waals surface area contributed by atoms with Crippen LogP contribution in [0.5, 0.6) is 0 Å². The highest BCUT2D eigenvalue weighted by molar-refractivity contribution is 7.10. The summed E-state index contributed by atoms with van der Waals surface area (Å²) in [4.78, 5) is 13.0. The zero-order valence-electron chi connectivity index (χ0n) is 13.3. The Bertz CT molecular complexity index is 500. The molecule has 0 fully saturated rings. The second kappa shape index (κ2) is 8.86. The van der Waals surface area contributed by atoms with Gasteiger partial charge in [0.05, 0.1) is 17.0 Å². The van der Waals surface area contributed by atoms with Crippen molar-refractivity contribution in [2.45, 2.75) is 34.1 Å². The first-order valence-corrected chi connectivity index (χ1v) is 8.30. The van der Waals surface area contributed by atoms with Gasteiger partial charge in [-0.25, -0.2) is 0 Å². The third kappa shape index (κ3) is 5.91. The lowest BCUT2D eigenvalue weighted by atomic mass is 9.85. The summed E-state index contributed by atoms with van der Waals surface area (Å²) < 4.78 is 0. The fourth-order valence-corrected chi connectivity index (χ4v) is 3.04. The second-order valence-electron chi connectivity index (χ2n) is 5.84. The minimum Gasteiger partial charge on any atom is -0.395 e. The maximum absolute atomic E-state index is 12.1. The zero-order chi connectivity index (χ0) is 15.8. The Morgan fingerprint density at radius 1 is 1.33 bits per heavy atom. The van der Waals surface area contributed by atoms with E-state index in [1.165, 1.54) is 11.3 Å². The summed E-state index contributed by atoms with van der Waals surface area (Å²) in [5.74, 6) is 7.36. The number of amides is 1. The lowest BCUT2D eigenvalue weighted by Crippen LogP contribution is -2.33. The molecule has 1 amide bonds. The lowest BCUT2D eigenvalue weighted by Gasteiger charge is -2.24. The Balaban J connectivity index is 2.58. The molecule has 0 saturated heterocycles. The topological polar surface area (TPSA) is 49.3 Å². The molecule has 0 spiro atoms. The monoisotopic (exact) mass is 307 g/mol. The highest BCUT2D eigenvalue weighted by Gasteiger charge is 2.18. The molecule has 3 nitrogen and oxygen atoms in total. The second-order valence-corrected chi connectivity index (χ2v) is 6.75. The van der Waals surface area contributed by atoms with Crippen LogP contribution in [0.25, 0.3) is 0 Å². The number of hydrogen-bond donors (Lipinski definition) is 2. The molecular formula is C17H25NO2S. The largest absolute Gasteiger partial charge is 0.395 e. The van der Waals surface area contributed by atoms with E-state index in [1.807, 2.05) is 11.4 Å². The van der Waals surface area contributed by atoms with E-state index >= 15 is 0 Å². The molecule has 0 aliphatic heterocycles. The fraction of sp³-hybridized carbons (Fsp3) is 0.588. The smallest absolute Gasteiger partial charge is 0.252 e. The Labute approximate surface area is 131 Å². The van der Waals surface area contributed by atoms with Gasteiger partial charge in [0, 0.05) is 18.3 Å². The van der Waals surface area contributed by atoms with Gasteiger partial charge >= 0.3 is 0 Å². The maximum atomic E-state index is 12.1. The van der Waals surface area contributed by atoms with Crippen LogP contribution in [0, 0.1) is 29.6 Å². The predicted octanol–water partition coefficient (Wildman–Crippen LogP) is 3.14. The van der Waals surface area contributed by atoms with E-state index in [4.69, 9.17) is 5.11 Å². The van der Waals surface area contributed by atoms with Gasteiger partial charge in [0.25, 0.3) is 5.91 Å². The van der Waals surface area contributed by atoms with Crippen LogP contribution in [0.4, 0.5) is 0 Å². The molecule has 0 aliphatic rings. The van der Waals surface area contributed by atoms with E-state index in [0.717, 1.165) is 4.88 Å². The van der Waals surface area contributed by atoms with E-state index in [1.54, 1.807) is 0 Å². The number of carbonyl (C=O) groups excluding carboxylic acids is 1. The number of thiophene rings is 1. The zero-order valence-corrected chi connectivity index (χ0v) is 14.1. The quantitative estimate of drug-likeness (QED) is 0.793. The average molecular weight is 307 g/mol. The molecule has 0 unspecified atom stereocenters. The first-order valence-electron chi connectivity index (χ1n) is 7.42. The van der Waals surface area contributed by atoms with Crippen molar-refractivity contribution < 1.29 is 9.90 Å². The van der Waals surface area contributed by atoms with Crippen LogP contribution in [0.3, 0.4) is 0 Å². The first kappa shape index (κ1) is 17.7. The molecule has 4 heteroatoms. The summed E-state index contributed by atoms with van der Waals surface area (Å²) in [6, 6.07) is 1.81. The van der Waals surface area contributed by atoms with Gasteiger partial charge in [0.1, 0.15) is 0 Å². The standard InChI is InChI=1S/C17H25NO2S/c1-12(2)16(13(3)4)10-18-17(20)14-9-15(21-11-14)7-5-6-8-19/h9,11-13,16,19H,6,8,10H2,1-4H3,(H,18,20). The minimum absolute atomic E-state index is 0.0345. The number of rotatable bonds is 6. The SMILES string of the molecule is CC(C)C(CNC(=O)c1csc(C#CCCO)c1)C(C)C. The molecule has 1 aromatic heterocycles. The molecule has 0 aromatic carbocycles. The minimum atomic E-state index is -0.0345. The van der Waals surface area contributed by atoms with E-state index < -0.39 is 0 Å². The summed E-state index contributed by atoms with van der Waals surface area (Å²) in [5, 5.41) is 13.5. The first-order chi connectivity index (χ1) is 9.95. The Kier molecular flexibility index (Phi) is 7.49. The third-order valence-electron chi connectivity index (χ3n) is 3.52. The van der Waals surface area contributed by atoms with E-state index in [-0.39, 0.29) is 12.5 Å². The van der Waals surface area contributed by atoms with Gasteiger partial charge in [0.15, 0.2) is 0 Å². The molecule has 2 N–H and O–H groups in total. The van der Waals surface area contributed by atoms with Gasteiger partial charge in [-0.15, -0.1) is 11.3 Å². The van der Waals surface area contributed by atoms with Crippen LogP contribution < -0.4 is 5.32 Å². The van der Waals surface area contributed by atoms with Crippen molar-refractivity contribution in [3.8, 4) is 11.8 Å². The molecule has 1 heterocycles. The molecule has 116 valence electrons. The summed E-state index contributed by atoms with van der Waals surface area (Å²) >= 11 is 1.46. The maximum Gasteiger partial charge on any atom is 0.252 e. The molecule has 21 heavy (non-hydrogen) atoms. The number of nitrogens with one attached hydrogen (secondary N) is 1. The van der Waals surface area contributed by atoms with Gasteiger partial charge in [-0.3, -0.25) is 4.79 Å². The van der Waals surface area contributed by atoms with Crippen molar-refractivity contribution in [2.24, 2.45) is 17.8 Å². The molecule has 1 rings (SSSR count). The predicted molar refractivity (Wildman–Crippen MR) is 88.4 cm³/mol. The molecule has 0 radical (unpaired) electrons. The highest BCUT2D eigenvalue weighted by Crippen LogP contribution is 2.20. The lowest BCUT2D eigenvalue weighted by molar-refractivity contribution is 0.0937. The van der Waals surface area contributed by atoms with E-state index in [9.17, 15) is 4.79 Å². The summed E-state index contributed by atoms with van der Waals surface area (Å²) in [7, 11) is 0. The van der Waals surface area contributed by atoms with Gasteiger partial charge in [-0.05, 0) is 23.8 Å². The number of aliphatic hydroxyl groups is 1. The van der Waals surface area contributed by atoms with Gasteiger partial charge in [0.2, 0.25) is 0 Å². The van der Waals surface area contributed by atoms with E-state index in [2.05, 4.69) is 44.9 Å². The fourth-order valence-electron chi connectivity index (χ4n) is 2.28. The van der Waals surface area contributed by atoms with Gasteiger partial charge in [-0.2, -0.15) is 0 Å². The number of hydrogen-bond acceptors (Lipinski definition) is 3. The van der Waals surface area contributed by atoms with Crippen molar-refractivity contribution in [3.05, 3.63) is 21.9 Å². The highest BCUT2D eigenvalue weighted by atomic mass is 32.1. The van der Waals surface area contributed by atoms with Gasteiger partial charge in [-0.1, -0.05) is 39.5 Å². The number of aliphatic hydroxyl groups excluding tert-OH is 1. The van der Waals surface area contributed by atoms with Gasteiger partial charge < -0.3 is 10.4 Å². The molecule has 1 aromatic rings. The Morgan fingerprint density at radius 3 is 2.57 bits per heavy atom. The van der Waals surface area contributed by atoms with Crippen molar-refractivity contribution in [2.75, 3.05) is 13.2 Å². The Morgan fingerprint density at radius 2 is 2.00 bits per heavy atom. The molecule has 0 bridgehead atoms. The summed E-state index contributed by atoms with van der Waals surface area (Å²) in [5.41, 5.74) is 0.666. The summed E-state index contributed by atoms with van der Waals surface area (Å²) in [6.07, 6.45) is 0.462. The van der Waals surface area contributed by atoms with Crippen molar-refractivity contribution in [1.29, 1.82) is 0 Å². The van der Waals surface area contributed by atoms with Crippen molar-refractivity contribution >= 4 is 17.2 Å². The molecule has 0 saturated carbocycles. The van der Waals surface area contributed by atoms with Crippen LogP contribution in [0.15, 0.2) is 11.4 Å². The van der Waals surface area contributed by atoms with E-state index in [0.29, 0.717) is 36.3 Å². The summed E-state index contributed by atoms with van der Waals surface area (Å²) in [6.45, 7) is 9.53. The normalized spacial score (nSPS) is 10.9. The molecular weight excluding hydrogens is 282 g/mol. The van der Waals surface area contributed by atoms with Crippen LogP contribution >= 0.6 is 11.3 Å². The van der Waals surface area contributed by atoms with Crippen LogP contribution in [0.1, 0.15) is 49.4 Å². The Hall–Kier alpha value is -1.31. The van der Waals surface area contributed by atoms with Crippen molar-refractivity contribution in [1.82, 2.24) is 5.32 Å². The van der Waals surface area contributed by atoms with Crippen LogP contribution in [0.2, 0.25) is 0 Å². The van der Waals surface area contributed by atoms with Crippen LogP contribution in [-0.4, -0.2) is 24.2 Å². The van der Waals surface area contributed by atoms with Crippen LogP contribution in [-0.2, 0) is 0 Å². The molecule has 0 aliphatic carbocycles. The average Bonchev–Trinajstić information content (AvgIpc) is 2.87.